The number of ether oxygens (including phenoxy) is 1. The number of anilines is 1. The van der Waals surface area contributed by atoms with E-state index in [2.05, 4.69) is 25.5 Å². The molecule has 122 valence electrons. The van der Waals surface area contributed by atoms with Gasteiger partial charge in [0.1, 0.15) is 5.75 Å². The molecule has 1 amide bonds. The summed E-state index contributed by atoms with van der Waals surface area (Å²) in [6.45, 7) is 0. The largest absolute Gasteiger partial charge is 0.497 e. The summed E-state index contributed by atoms with van der Waals surface area (Å²) < 4.78 is 10.6. The van der Waals surface area contributed by atoms with E-state index in [-0.39, 0.29) is 17.6 Å². The van der Waals surface area contributed by atoms with Crippen molar-refractivity contribution >= 4 is 23.6 Å². The van der Waals surface area contributed by atoms with Crippen molar-refractivity contribution in [1.82, 2.24) is 20.2 Å². The quantitative estimate of drug-likeness (QED) is 0.680. The van der Waals surface area contributed by atoms with E-state index in [4.69, 9.17) is 9.15 Å². The van der Waals surface area contributed by atoms with Crippen LogP contribution in [0.1, 0.15) is 0 Å². The zero-order valence-electron chi connectivity index (χ0n) is 12.7. The van der Waals surface area contributed by atoms with Gasteiger partial charge in [-0.15, -0.1) is 10.2 Å². The Bertz CT molecular complexity index is 807. The van der Waals surface area contributed by atoms with Gasteiger partial charge in [0.25, 0.3) is 5.22 Å². The molecule has 0 aliphatic carbocycles. The van der Waals surface area contributed by atoms with Crippen molar-refractivity contribution in [2.75, 3.05) is 18.2 Å². The number of thioether (sulfide) groups is 1. The summed E-state index contributed by atoms with van der Waals surface area (Å²) in [4.78, 5) is 19.7. The summed E-state index contributed by atoms with van der Waals surface area (Å²) in [5, 5.41) is 10.8. The minimum atomic E-state index is -0.254. The molecule has 3 aromatic rings. The highest BCUT2D eigenvalue weighted by molar-refractivity contribution is 7.99. The molecule has 8 nitrogen and oxygen atoms in total. The molecule has 9 heteroatoms. The maximum absolute atomic E-state index is 11.8. The number of nitrogens with one attached hydrogen (secondary N) is 1. The van der Waals surface area contributed by atoms with E-state index in [0.29, 0.717) is 11.1 Å². The Balaban J connectivity index is 1.56. The van der Waals surface area contributed by atoms with Crippen molar-refractivity contribution in [1.29, 1.82) is 0 Å². The highest BCUT2D eigenvalue weighted by Gasteiger charge is 2.12. The number of hydrogen-bond acceptors (Lipinski definition) is 8. The minimum absolute atomic E-state index is 0.114. The van der Waals surface area contributed by atoms with Crippen LogP contribution in [0.4, 0.5) is 5.95 Å². The van der Waals surface area contributed by atoms with Gasteiger partial charge < -0.3 is 9.15 Å². The van der Waals surface area contributed by atoms with Crippen LogP contribution in [0.5, 0.6) is 5.75 Å². The number of nitrogens with zero attached hydrogens (tertiary/aromatic N) is 4. The van der Waals surface area contributed by atoms with Crippen molar-refractivity contribution < 1.29 is 13.9 Å². The lowest BCUT2D eigenvalue weighted by Gasteiger charge is -2.00. The number of carbonyl (C=O) groups excluding carboxylic acids is 1. The highest BCUT2D eigenvalue weighted by atomic mass is 32.2. The van der Waals surface area contributed by atoms with E-state index in [0.717, 1.165) is 23.1 Å². The van der Waals surface area contributed by atoms with Crippen molar-refractivity contribution in [3.8, 4) is 17.2 Å². The average Bonchev–Trinajstić information content (AvgIpc) is 3.10. The van der Waals surface area contributed by atoms with Crippen LogP contribution in [-0.2, 0) is 4.79 Å². The Morgan fingerprint density at radius 1 is 1.21 bits per heavy atom. The monoisotopic (exact) mass is 343 g/mol. The topological polar surface area (TPSA) is 103 Å². The van der Waals surface area contributed by atoms with Crippen LogP contribution in [0.3, 0.4) is 0 Å². The Morgan fingerprint density at radius 2 is 1.96 bits per heavy atom. The molecule has 1 aromatic carbocycles. The zero-order chi connectivity index (χ0) is 16.8. The normalized spacial score (nSPS) is 10.4. The first-order valence-electron chi connectivity index (χ1n) is 6.92. The fourth-order valence-corrected chi connectivity index (χ4v) is 2.33. The van der Waals surface area contributed by atoms with E-state index in [1.54, 1.807) is 37.7 Å². The molecule has 0 bridgehead atoms. The molecule has 0 spiro atoms. The van der Waals surface area contributed by atoms with Gasteiger partial charge >= 0.3 is 0 Å². The summed E-state index contributed by atoms with van der Waals surface area (Å²) in [6, 6.07) is 8.92. The van der Waals surface area contributed by atoms with Gasteiger partial charge in [0.05, 0.1) is 12.9 Å². The molecule has 0 fully saturated rings. The van der Waals surface area contributed by atoms with Gasteiger partial charge in [0, 0.05) is 18.0 Å². The Labute approximate surface area is 141 Å². The maximum Gasteiger partial charge on any atom is 0.277 e. The second-order valence-electron chi connectivity index (χ2n) is 4.51. The molecule has 0 saturated carbocycles. The molecular formula is C15H13N5O3S. The number of carbonyl (C=O) groups is 1. The average molecular weight is 343 g/mol. The van der Waals surface area contributed by atoms with Crippen LogP contribution in [0.15, 0.2) is 52.4 Å². The summed E-state index contributed by atoms with van der Waals surface area (Å²) in [7, 11) is 1.60. The molecule has 0 unspecified atom stereocenters. The van der Waals surface area contributed by atoms with Gasteiger partial charge in [0.2, 0.25) is 17.7 Å². The van der Waals surface area contributed by atoms with Crippen LogP contribution in [0, 0.1) is 0 Å². The summed E-state index contributed by atoms with van der Waals surface area (Å²) in [5.74, 6) is 1.24. The summed E-state index contributed by atoms with van der Waals surface area (Å²) >= 11 is 1.14. The standard InChI is InChI=1S/C15H13N5O3S/c1-22-11-5-3-10(4-6-11)13-19-20-15(23-13)24-9-12(21)18-14-16-7-2-8-17-14/h2-8H,9H2,1H3,(H,16,17,18,21). The molecule has 24 heavy (non-hydrogen) atoms. The lowest BCUT2D eigenvalue weighted by molar-refractivity contribution is -0.113. The lowest BCUT2D eigenvalue weighted by Crippen LogP contribution is -2.15. The molecule has 3 rings (SSSR count). The molecule has 2 heterocycles. The lowest BCUT2D eigenvalue weighted by atomic mass is 10.2. The van der Waals surface area contributed by atoms with E-state index < -0.39 is 0 Å². The van der Waals surface area contributed by atoms with Crippen molar-refractivity contribution in [2.24, 2.45) is 0 Å². The van der Waals surface area contributed by atoms with Crippen molar-refractivity contribution in [2.45, 2.75) is 5.22 Å². The number of methoxy groups -OCH3 is 1. The van der Waals surface area contributed by atoms with E-state index >= 15 is 0 Å². The SMILES string of the molecule is COc1ccc(-c2nnc(SCC(=O)Nc3ncccn3)o2)cc1. The number of amides is 1. The Hall–Kier alpha value is -2.94. The maximum atomic E-state index is 11.8. The van der Waals surface area contributed by atoms with Gasteiger partial charge in [-0.25, -0.2) is 9.97 Å². The second-order valence-corrected chi connectivity index (χ2v) is 5.44. The summed E-state index contributed by atoms with van der Waals surface area (Å²) in [6.07, 6.45) is 3.10. The fraction of sp³-hybridized carbons (Fsp3) is 0.133. The molecule has 1 N–H and O–H groups in total. The first kappa shape index (κ1) is 15.9. The first-order chi connectivity index (χ1) is 11.7. The van der Waals surface area contributed by atoms with Crippen molar-refractivity contribution in [3.05, 3.63) is 42.7 Å². The predicted octanol–water partition coefficient (Wildman–Crippen LogP) is 2.27. The second kappa shape index (κ2) is 7.55. The van der Waals surface area contributed by atoms with Crippen LogP contribution in [0.2, 0.25) is 0 Å². The molecular weight excluding hydrogens is 330 g/mol. The number of benzene rings is 1. The summed E-state index contributed by atoms with van der Waals surface area (Å²) in [5.41, 5.74) is 0.775. The molecule has 0 aliphatic heterocycles. The number of aromatic nitrogens is 4. The number of hydrogen-bond donors (Lipinski definition) is 1. The molecule has 0 saturated heterocycles. The van der Waals surface area contributed by atoms with Crippen LogP contribution >= 0.6 is 11.8 Å². The van der Waals surface area contributed by atoms with E-state index in [1.807, 2.05) is 12.1 Å². The molecule has 0 aliphatic rings. The smallest absolute Gasteiger partial charge is 0.277 e. The minimum Gasteiger partial charge on any atom is -0.497 e. The van der Waals surface area contributed by atoms with Crippen LogP contribution < -0.4 is 10.1 Å². The predicted molar refractivity (Wildman–Crippen MR) is 87.7 cm³/mol. The molecule has 2 aromatic heterocycles. The Kier molecular flexibility index (Phi) is 5.02. The third-order valence-corrected chi connectivity index (χ3v) is 3.71. The van der Waals surface area contributed by atoms with Gasteiger partial charge in [-0.1, -0.05) is 11.8 Å². The van der Waals surface area contributed by atoms with E-state index in [1.165, 1.54) is 0 Å². The van der Waals surface area contributed by atoms with Gasteiger partial charge in [0.15, 0.2) is 0 Å². The van der Waals surface area contributed by atoms with E-state index in [9.17, 15) is 4.79 Å². The van der Waals surface area contributed by atoms with Gasteiger partial charge in [-0.2, -0.15) is 0 Å². The van der Waals surface area contributed by atoms with Crippen LogP contribution in [0.25, 0.3) is 11.5 Å². The Morgan fingerprint density at radius 3 is 2.67 bits per heavy atom. The first-order valence-corrected chi connectivity index (χ1v) is 7.91. The van der Waals surface area contributed by atoms with Gasteiger partial charge in [-0.3, -0.25) is 10.1 Å². The third kappa shape index (κ3) is 4.07. The van der Waals surface area contributed by atoms with Crippen LogP contribution in [-0.4, -0.2) is 38.9 Å². The molecule has 0 radical (unpaired) electrons. The zero-order valence-corrected chi connectivity index (χ0v) is 13.5. The molecule has 0 atom stereocenters. The van der Waals surface area contributed by atoms with Crippen molar-refractivity contribution in [3.63, 3.8) is 0 Å². The fourth-order valence-electron chi connectivity index (χ4n) is 1.77. The third-order valence-electron chi connectivity index (χ3n) is 2.89. The highest BCUT2D eigenvalue weighted by Crippen LogP contribution is 2.24. The van der Waals surface area contributed by atoms with Gasteiger partial charge in [-0.05, 0) is 30.3 Å². The number of rotatable bonds is 6.